The Hall–Kier alpha value is -0.820. The van der Waals surface area contributed by atoms with Crippen LogP contribution in [0.2, 0.25) is 0 Å². The van der Waals surface area contributed by atoms with E-state index in [2.05, 4.69) is 0 Å². The molecule has 0 heterocycles. The highest BCUT2D eigenvalue weighted by molar-refractivity contribution is 7.91. The van der Waals surface area contributed by atoms with Crippen LogP contribution in [0.25, 0.3) is 0 Å². The van der Waals surface area contributed by atoms with Gasteiger partial charge in [0.15, 0.2) is 9.84 Å². The van der Waals surface area contributed by atoms with E-state index in [1.165, 1.54) is 0 Å². The minimum absolute atomic E-state index is 0.0649. The van der Waals surface area contributed by atoms with Gasteiger partial charge in [-0.15, -0.1) is 0 Å². The fraction of sp³-hybridized carbons (Fsp3) is 0.800. The highest BCUT2D eigenvalue weighted by Crippen LogP contribution is 1.86. The lowest BCUT2D eigenvalue weighted by Crippen LogP contribution is -2.29. The molecule has 7 heteroatoms. The zero-order chi connectivity index (χ0) is 9.61. The van der Waals surface area contributed by atoms with Crippen LogP contribution in [0, 0.1) is 0 Å². The summed E-state index contributed by atoms with van der Waals surface area (Å²) < 4.78 is 21.8. The Balaban J connectivity index is 3.69. The lowest BCUT2D eigenvalue weighted by atomic mass is 10.7. The summed E-state index contributed by atoms with van der Waals surface area (Å²) >= 11 is 0. The molecule has 0 aliphatic heterocycles. The minimum Gasteiger partial charge on any atom is -0.465 e. The molecule has 0 aromatic rings. The number of carboxylic acid groups (broad SMARTS) is 1. The molecule has 1 amide bonds. The molecule has 72 valence electrons. The summed E-state index contributed by atoms with van der Waals surface area (Å²) in [5.41, 5.74) is 5.03. The molecule has 0 unspecified atom stereocenters. The Morgan fingerprint density at radius 2 is 2.00 bits per heavy atom. The lowest BCUT2D eigenvalue weighted by molar-refractivity contribution is 0.195. The Kier molecular flexibility index (Phi) is 4.60. The van der Waals surface area contributed by atoms with Crippen LogP contribution in [0.15, 0.2) is 0 Å². The Morgan fingerprint density at radius 1 is 1.42 bits per heavy atom. The second-order valence-electron chi connectivity index (χ2n) is 2.17. The van der Waals surface area contributed by atoms with Gasteiger partial charge in [0, 0.05) is 13.1 Å². The highest BCUT2D eigenvalue weighted by atomic mass is 32.2. The van der Waals surface area contributed by atoms with E-state index in [0.717, 1.165) is 0 Å². The lowest BCUT2D eigenvalue weighted by Gasteiger charge is -2.01. The van der Waals surface area contributed by atoms with E-state index >= 15 is 0 Å². The predicted octanol–water partition coefficient (Wildman–Crippen LogP) is -1.37. The smallest absolute Gasteiger partial charge is 0.404 e. The molecule has 0 fully saturated rings. The highest BCUT2D eigenvalue weighted by Gasteiger charge is 2.08. The monoisotopic (exact) mass is 196 g/mol. The summed E-state index contributed by atoms with van der Waals surface area (Å²) in [5.74, 6) is -0.301. The summed E-state index contributed by atoms with van der Waals surface area (Å²) in [6, 6.07) is 0. The number of hydrogen-bond donors (Lipinski definition) is 3. The van der Waals surface area contributed by atoms with Crippen LogP contribution in [0.5, 0.6) is 0 Å². The van der Waals surface area contributed by atoms with Crippen LogP contribution in [0.1, 0.15) is 0 Å². The van der Waals surface area contributed by atoms with Crippen LogP contribution in [-0.2, 0) is 9.84 Å². The largest absolute Gasteiger partial charge is 0.465 e. The predicted molar refractivity (Wildman–Crippen MR) is 43.7 cm³/mol. The van der Waals surface area contributed by atoms with Gasteiger partial charge in [0.05, 0.1) is 11.5 Å². The second kappa shape index (κ2) is 4.94. The summed E-state index contributed by atoms with van der Waals surface area (Å²) in [4.78, 5) is 9.91. The topological polar surface area (TPSA) is 109 Å². The van der Waals surface area contributed by atoms with Crippen molar-refractivity contribution in [1.29, 1.82) is 0 Å². The van der Waals surface area contributed by atoms with Crippen molar-refractivity contribution in [1.82, 2.24) is 5.32 Å². The molecule has 4 N–H and O–H groups in total. The molecule has 0 radical (unpaired) electrons. The first-order chi connectivity index (χ1) is 5.48. The van der Waals surface area contributed by atoms with Gasteiger partial charge < -0.3 is 16.2 Å². The normalized spacial score (nSPS) is 11.1. The van der Waals surface area contributed by atoms with E-state index in [1.807, 2.05) is 5.32 Å². The fourth-order valence-electron chi connectivity index (χ4n) is 0.595. The molecule has 0 aromatic carbocycles. The molecular weight excluding hydrogens is 184 g/mol. The molecule has 0 aliphatic carbocycles. The maximum absolute atomic E-state index is 10.9. The maximum atomic E-state index is 10.9. The van der Waals surface area contributed by atoms with E-state index in [-0.39, 0.29) is 24.6 Å². The van der Waals surface area contributed by atoms with E-state index in [4.69, 9.17) is 10.8 Å². The van der Waals surface area contributed by atoms with Crippen molar-refractivity contribution in [2.24, 2.45) is 5.73 Å². The fourth-order valence-corrected chi connectivity index (χ4v) is 1.57. The van der Waals surface area contributed by atoms with Crippen molar-refractivity contribution >= 4 is 15.9 Å². The van der Waals surface area contributed by atoms with E-state index < -0.39 is 15.9 Å². The average Bonchev–Trinajstić information content (AvgIpc) is 1.85. The van der Waals surface area contributed by atoms with Gasteiger partial charge in [-0.3, -0.25) is 0 Å². The first-order valence-electron chi connectivity index (χ1n) is 3.35. The second-order valence-corrected chi connectivity index (χ2v) is 4.48. The van der Waals surface area contributed by atoms with Gasteiger partial charge in [0.25, 0.3) is 0 Å². The average molecular weight is 196 g/mol. The van der Waals surface area contributed by atoms with Gasteiger partial charge in [-0.1, -0.05) is 0 Å². The van der Waals surface area contributed by atoms with Gasteiger partial charge in [-0.25, -0.2) is 13.2 Å². The maximum Gasteiger partial charge on any atom is 0.404 e. The molecule has 0 atom stereocenters. The molecular formula is C5H12N2O4S. The molecule has 6 nitrogen and oxygen atoms in total. The first kappa shape index (κ1) is 11.2. The van der Waals surface area contributed by atoms with E-state index in [1.54, 1.807) is 0 Å². The van der Waals surface area contributed by atoms with Crippen LogP contribution >= 0.6 is 0 Å². The van der Waals surface area contributed by atoms with Crippen molar-refractivity contribution in [3.63, 3.8) is 0 Å². The van der Waals surface area contributed by atoms with Crippen molar-refractivity contribution in [3.05, 3.63) is 0 Å². The van der Waals surface area contributed by atoms with Gasteiger partial charge >= 0.3 is 6.09 Å². The standard InChI is InChI=1S/C5H12N2O4S/c6-1-3-12(10,11)4-2-7-5(8)9/h7H,1-4,6H2,(H,8,9). The third kappa shape index (κ3) is 5.93. The van der Waals surface area contributed by atoms with Gasteiger partial charge in [-0.05, 0) is 0 Å². The molecule has 0 rings (SSSR count). The number of rotatable bonds is 5. The first-order valence-corrected chi connectivity index (χ1v) is 5.17. The summed E-state index contributed by atoms with van der Waals surface area (Å²) in [7, 11) is -3.18. The molecule has 0 saturated heterocycles. The summed E-state index contributed by atoms with van der Waals surface area (Å²) in [5, 5.41) is 10.1. The van der Waals surface area contributed by atoms with Crippen molar-refractivity contribution in [2.75, 3.05) is 24.6 Å². The third-order valence-corrected chi connectivity index (χ3v) is 2.80. The number of nitrogens with one attached hydrogen (secondary N) is 1. The molecule has 0 aliphatic rings. The zero-order valence-corrected chi connectivity index (χ0v) is 7.30. The minimum atomic E-state index is -3.18. The van der Waals surface area contributed by atoms with Crippen molar-refractivity contribution in [3.8, 4) is 0 Å². The van der Waals surface area contributed by atoms with E-state index in [9.17, 15) is 13.2 Å². The van der Waals surface area contributed by atoms with Gasteiger partial charge in [-0.2, -0.15) is 0 Å². The Morgan fingerprint density at radius 3 is 2.42 bits per heavy atom. The molecule has 0 bridgehead atoms. The Labute approximate surface area is 70.7 Å². The molecule has 0 spiro atoms. The number of amides is 1. The quantitative estimate of drug-likeness (QED) is 0.502. The number of nitrogens with two attached hydrogens (primary N) is 1. The third-order valence-electron chi connectivity index (χ3n) is 1.12. The van der Waals surface area contributed by atoms with Crippen LogP contribution in [-0.4, -0.2) is 44.2 Å². The summed E-state index contributed by atoms with van der Waals surface area (Å²) in [6.07, 6.45) is -1.22. The van der Waals surface area contributed by atoms with Gasteiger partial charge in [0.1, 0.15) is 0 Å². The van der Waals surface area contributed by atoms with Gasteiger partial charge in [0.2, 0.25) is 0 Å². The Bertz CT molecular complexity index is 236. The van der Waals surface area contributed by atoms with Crippen LogP contribution in [0.3, 0.4) is 0 Å². The van der Waals surface area contributed by atoms with Crippen LogP contribution in [0.4, 0.5) is 4.79 Å². The molecule has 0 aromatic heterocycles. The number of sulfone groups is 1. The number of carbonyl (C=O) groups is 1. The molecule has 12 heavy (non-hydrogen) atoms. The van der Waals surface area contributed by atoms with Crippen LogP contribution < -0.4 is 11.1 Å². The van der Waals surface area contributed by atoms with Crippen molar-refractivity contribution in [2.45, 2.75) is 0 Å². The number of hydrogen-bond acceptors (Lipinski definition) is 4. The SMILES string of the molecule is NCCS(=O)(=O)CCNC(=O)O. The zero-order valence-electron chi connectivity index (χ0n) is 6.49. The molecule has 0 saturated carbocycles. The summed E-state index contributed by atoms with van der Waals surface area (Å²) in [6.45, 7) is -0.0208. The van der Waals surface area contributed by atoms with Crippen molar-refractivity contribution < 1.29 is 18.3 Å². The van der Waals surface area contributed by atoms with E-state index in [0.29, 0.717) is 0 Å².